The molecule has 4 heteroatoms. The standard InChI is InChI=1S/C14H15BrINS/c1-9-4-3-5-12(14(9)16)13(17-2)7-11-6-10(15)8-18-11/h3-6,8,13,17H,7H2,1-2H3. The van der Waals surface area contributed by atoms with Gasteiger partial charge in [-0.05, 0) is 69.7 Å². The maximum absolute atomic E-state index is 3.51. The van der Waals surface area contributed by atoms with Crippen molar-refractivity contribution < 1.29 is 0 Å². The minimum atomic E-state index is 0.377. The lowest BCUT2D eigenvalue weighted by Crippen LogP contribution is -2.19. The molecule has 1 nitrogen and oxygen atoms in total. The highest BCUT2D eigenvalue weighted by Crippen LogP contribution is 2.28. The molecule has 1 aromatic carbocycles. The van der Waals surface area contributed by atoms with Crippen LogP contribution in [0.1, 0.15) is 22.0 Å². The van der Waals surface area contributed by atoms with E-state index in [0.717, 1.165) is 6.42 Å². The molecule has 0 radical (unpaired) electrons. The molecular formula is C14H15BrINS. The van der Waals surface area contributed by atoms with E-state index in [9.17, 15) is 0 Å². The van der Waals surface area contributed by atoms with Crippen molar-refractivity contribution in [3.63, 3.8) is 0 Å². The van der Waals surface area contributed by atoms with Gasteiger partial charge in [0.1, 0.15) is 0 Å². The van der Waals surface area contributed by atoms with Crippen molar-refractivity contribution in [3.05, 3.63) is 53.7 Å². The molecule has 96 valence electrons. The molecule has 0 bridgehead atoms. The quantitative estimate of drug-likeness (QED) is 0.671. The Bertz CT molecular complexity index is 538. The Morgan fingerprint density at radius 2 is 2.22 bits per heavy atom. The van der Waals surface area contributed by atoms with Crippen molar-refractivity contribution in [2.75, 3.05) is 7.05 Å². The van der Waals surface area contributed by atoms with E-state index in [1.165, 1.54) is 24.0 Å². The Morgan fingerprint density at radius 3 is 2.83 bits per heavy atom. The van der Waals surface area contributed by atoms with Crippen molar-refractivity contribution in [3.8, 4) is 0 Å². The van der Waals surface area contributed by atoms with E-state index in [4.69, 9.17) is 0 Å². The van der Waals surface area contributed by atoms with E-state index < -0.39 is 0 Å². The molecule has 1 atom stereocenters. The van der Waals surface area contributed by atoms with Gasteiger partial charge in [0.05, 0.1) is 0 Å². The predicted octanol–water partition coefficient (Wildman–Crippen LogP) is 4.93. The van der Waals surface area contributed by atoms with Gasteiger partial charge in [0, 0.05) is 30.8 Å². The fourth-order valence-electron chi connectivity index (χ4n) is 1.97. The zero-order chi connectivity index (χ0) is 13.1. The Hall–Kier alpha value is 0.0900. The summed E-state index contributed by atoms with van der Waals surface area (Å²) in [6.45, 7) is 2.17. The number of benzene rings is 1. The number of likely N-dealkylation sites (N-methyl/N-ethyl adjacent to an activating group) is 1. The van der Waals surface area contributed by atoms with Crippen LogP contribution >= 0.6 is 49.9 Å². The zero-order valence-electron chi connectivity index (χ0n) is 10.3. The third kappa shape index (κ3) is 3.35. The van der Waals surface area contributed by atoms with Crippen LogP contribution in [-0.2, 0) is 6.42 Å². The Labute approximate surface area is 134 Å². The Morgan fingerprint density at radius 1 is 1.44 bits per heavy atom. The first kappa shape index (κ1) is 14.5. The van der Waals surface area contributed by atoms with E-state index in [1.807, 2.05) is 18.4 Å². The van der Waals surface area contributed by atoms with Crippen LogP contribution in [0.2, 0.25) is 0 Å². The Kier molecular flexibility index (Phi) is 5.24. The molecule has 0 spiro atoms. The van der Waals surface area contributed by atoms with Crippen LogP contribution in [0.3, 0.4) is 0 Å². The summed E-state index contributed by atoms with van der Waals surface area (Å²) in [5.74, 6) is 0. The minimum Gasteiger partial charge on any atom is -0.313 e. The summed E-state index contributed by atoms with van der Waals surface area (Å²) in [5.41, 5.74) is 2.74. The zero-order valence-corrected chi connectivity index (χ0v) is 14.9. The number of hydrogen-bond acceptors (Lipinski definition) is 2. The summed E-state index contributed by atoms with van der Waals surface area (Å²) in [6.07, 6.45) is 1.03. The third-order valence-electron chi connectivity index (χ3n) is 2.97. The van der Waals surface area contributed by atoms with Crippen LogP contribution < -0.4 is 5.32 Å². The van der Waals surface area contributed by atoms with Crippen LogP contribution in [0.25, 0.3) is 0 Å². The molecule has 0 saturated heterocycles. The average molecular weight is 436 g/mol. The molecule has 0 aliphatic rings. The van der Waals surface area contributed by atoms with Gasteiger partial charge in [0.15, 0.2) is 0 Å². The topological polar surface area (TPSA) is 12.0 Å². The monoisotopic (exact) mass is 435 g/mol. The van der Waals surface area contributed by atoms with Gasteiger partial charge >= 0.3 is 0 Å². The van der Waals surface area contributed by atoms with Gasteiger partial charge in [-0.2, -0.15) is 0 Å². The van der Waals surface area contributed by atoms with Crippen LogP contribution in [0, 0.1) is 10.5 Å². The van der Waals surface area contributed by atoms with Crippen LogP contribution in [0.15, 0.2) is 34.1 Å². The van der Waals surface area contributed by atoms with Crippen molar-refractivity contribution >= 4 is 49.9 Å². The first-order valence-corrected chi connectivity index (χ1v) is 8.52. The predicted molar refractivity (Wildman–Crippen MR) is 91.4 cm³/mol. The van der Waals surface area contributed by atoms with Gasteiger partial charge in [0.2, 0.25) is 0 Å². The fraction of sp³-hybridized carbons (Fsp3) is 0.286. The first-order chi connectivity index (χ1) is 8.61. The molecule has 1 unspecified atom stereocenters. The smallest absolute Gasteiger partial charge is 0.0376 e. The molecule has 1 aromatic heterocycles. The molecular weight excluding hydrogens is 421 g/mol. The average Bonchev–Trinajstić information content (AvgIpc) is 2.76. The summed E-state index contributed by atoms with van der Waals surface area (Å²) < 4.78 is 2.54. The summed E-state index contributed by atoms with van der Waals surface area (Å²) >= 11 is 7.77. The lowest BCUT2D eigenvalue weighted by Gasteiger charge is -2.18. The molecule has 0 aliphatic carbocycles. The van der Waals surface area contributed by atoms with E-state index >= 15 is 0 Å². The maximum Gasteiger partial charge on any atom is 0.0376 e. The SMILES string of the molecule is CNC(Cc1cc(Br)cs1)c1cccc(C)c1I. The largest absolute Gasteiger partial charge is 0.313 e. The summed E-state index contributed by atoms with van der Waals surface area (Å²) in [6, 6.07) is 9.11. The minimum absolute atomic E-state index is 0.377. The molecule has 0 fully saturated rings. The molecule has 0 amide bonds. The van der Waals surface area contributed by atoms with E-state index in [-0.39, 0.29) is 0 Å². The molecule has 18 heavy (non-hydrogen) atoms. The molecule has 1 N–H and O–H groups in total. The van der Waals surface area contributed by atoms with Gasteiger partial charge in [-0.15, -0.1) is 11.3 Å². The third-order valence-corrected chi connectivity index (χ3v) is 6.17. The lowest BCUT2D eigenvalue weighted by atomic mass is 10.0. The van der Waals surface area contributed by atoms with Crippen molar-refractivity contribution in [2.45, 2.75) is 19.4 Å². The lowest BCUT2D eigenvalue weighted by molar-refractivity contribution is 0.593. The van der Waals surface area contributed by atoms with E-state index in [1.54, 1.807) is 0 Å². The number of nitrogens with one attached hydrogen (secondary N) is 1. The summed E-state index contributed by atoms with van der Waals surface area (Å²) in [5, 5.41) is 5.57. The van der Waals surface area contributed by atoms with Gasteiger partial charge in [0.25, 0.3) is 0 Å². The van der Waals surface area contributed by atoms with Crippen LogP contribution in [-0.4, -0.2) is 7.05 Å². The second-order valence-corrected chi connectivity index (χ2v) is 7.24. The molecule has 2 aromatic rings. The number of thiophene rings is 1. The second kappa shape index (κ2) is 6.50. The highest BCUT2D eigenvalue weighted by Gasteiger charge is 2.15. The Balaban J connectivity index is 2.25. The molecule has 2 rings (SSSR count). The number of rotatable bonds is 4. The van der Waals surface area contributed by atoms with Crippen LogP contribution in [0.5, 0.6) is 0 Å². The van der Waals surface area contributed by atoms with Gasteiger partial charge < -0.3 is 5.32 Å². The van der Waals surface area contributed by atoms with Gasteiger partial charge in [-0.1, -0.05) is 18.2 Å². The highest BCUT2D eigenvalue weighted by molar-refractivity contribution is 14.1. The van der Waals surface area contributed by atoms with Crippen molar-refractivity contribution in [2.24, 2.45) is 0 Å². The van der Waals surface area contributed by atoms with Gasteiger partial charge in [-0.3, -0.25) is 0 Å². The maximum atomic E-state index is 3.51. The summed E-state index contributed by atoms with van der Waals surface area (Å²) in [4.78, 5) is 1.40. The molecule has 0 aliphatic heterocycles. The molecule has 0 saturated carbocycles. The number of halogens is 2. The van der Waals surface area contributed by atoms with Crippen LogP contribution in [0.4, 0.5) is 0 Å². The summed E-state index contributed by atoms with van der Waals surface area (Å²) in [7, 11) is 2.03. The van der Waals surface area contributed by atoms with E-state index in [2.05, 4.69) is 80.4 Å². The fourth-order valence-corrected chi connectivity index (χ4v) is 4.20. The molecule has 1 heterocycles. The first-order valence-electron chi connectivity index (χ1n) is 5.77. The van der Waals surface area contributed by atoms with Crippen molar-refractivity contribution in [1.82, 2.24) is 5.32 Å². The normalized spacial score (nSPS) is 12.7. The van der Waals surface area contributed by atoms with Gasteiger partial charge in [-0.25, -0.2) is 0 Å². The van der Waals surface area contributed by atoms with Crippen molar-refractivity contribution in [1.29, 1.82) is 0 Å². The highest BCUT2D eigenvalue weighted by atomic mass is 127. The second-order valence-electron chi connectivity index (χ2n) is 4.25. The number of aryl methyl sites for hydroxylation is 1. The van der Waals surface area contributed by atoms with E-state index in [0.29, 0.717) is 6.04 Å². The number of hydrogen-bond donors (Lipinski definition) is 1.